The maximum Gasteiger partial charge on any atom is 0.320 e. The van der Waals surface area contributed by atoms with Gasteiger partial charge in [-0.3, -0.25) is 15.2 Å². The zero-order chi connectivity index (χ0) is 20.1. The van der Waals surface area contributed by atoms with Crippen molar-refractivity contribution in [1.82, 2.24) is 20.5 Å². The highest BCUT2D eigenvalue weighted by Gasteiger charge is 2.17. The lowest BCUT2D eigenvalue weighted by molar-refractivity contribution is -0.136. The summed E-state index contributed by atoms with van der Waals surface area (Å²) < 4.78 is 5.21. The Morgan fingerprint density at radius 1 is 1.29 bits per heavy atom. The van der Waals surface area contributed by atoms with E-state index in [0.717, 1.165) is 5.56 Å². The fraction of sp³-hybridized carbons (Fsp3) is 0.263. The van der Waals surface area contributed by atoms with E-state index in [-0.39, 0.29) is 24.7 Å². The van der Waals surface area contributed by atoms with Crippen LogP contribution in [0.25, 0.3) is 10.9 Å². The van der Waals surface area contributed by atoms with Gasteiger partial charge >= 0.3 is 12.0 Å². The monoisotopic (exact) mass is 383 g/mol. The van der Waals surface area contributed by atoms with Crippen molar-refractivity contribution in [1.29, 1.82) is 0 Å². The number of pyridine rings is 1. The van der Waals surface area contributed by atoms with Crippen LogP contribution >= 0.6 is 0 Å². The minimum Gasteiger partial charge on any atom is -0.481 e. The van der Waals surface area contributed by atoms with Crippen LogP contribution < -0.4 is 15.4 Å². The summed E-state index contributed by atoms with van der Waals surface area (Å²) in [6.07, 6.45) is 0.0798. The number of urea groups is 1. The van der Waals surface area contributed by atoms with E-state index in [1.807, 2.05) is 37.3 Å². The molecular formula is C19H21N5O4. The van der Waals surface area contributed by atoms with E-state index in [0.29, 0.717) is 22.5 Å². The fourth-order valence-electron chi connectivity index (χ4n) is 2.88. The van der Waals surface area contributed by atoms with Gasteiger partial charge in [-0.25, -0.2) is 9.78 Å². The first-order valence-corrected chi connectivity index (χ1v) is 8.74. The van der Waals surface area contributed by atoms with E-state index in [2.05, 4.69) is 25.8 Å². The number of benzene rings is 1. The quantitative estimate of drug-likeness (QED) is 0.496. The maximum absolute atomic E-state index is 12.4. The summed E-state index contributed by atoms with van der Waals surface area (Å²) >= 11 is 0. The summed E-state index contributed by atoms with van der Waals surface area (Å²) in [6.45, 7) is 1.88. The van der Waals surface area contributed by atoms with Crippen molar-refractivity contribution in [3.8, 4) is 5.88 Å². The molecule has 146 valence electrons. The van der Waals surface area contributed by atoms with Crippen LogP contribution in [0, 0.1) is 0 Å². The second kappa shape index (κ2) is 8.38. The number of methoxy groups -OCH3 is 1. The molecule has 0 fully saturated rings. The van der Waals surface area contributed by atoms with Gasteiger partial charge in [0.15, 0.2) is 0 Å². The first-order valence-electron chi connectivity index (χ1n) is 8.74. The van der Waals surface area contributed by atoms with Gasteiger partial charge < -0.3 is 15.2 Å². The zero-order valence-corrected chi connectivity index (χ0v) is 15.5. The molecule has 28 heavy (non-hydrogen) atoms. The molecule has 2 amide bonds. The fourth-order valence-corrected chi connectivity index (χ4v) is 2.88. The lowest BCUT2D eigenvalue weighted by Crippen LogP contribution is -2.31. The smallest absolute Gasteiger partial charge is 0.320 e. The molecule has 9 nitrogen and oxygen atoms in total. The lowest BCUT2D eigenvalue weighted by atomic mass is 10.1. The highest BCUT2D eigenvalue weighted by atomic mass is 16.5. The Morgan fingerprint density at radius 3 is 2.71 bits per heavy atom. The highest BCUT2D eigenvalue weighted by molar-refractivity contribution is 5.93. The molecule has 2 aromatic heterocycles. The molecule has 1 atom stereocenters. The number of rotatable bonds is 7. The Balaban J connectivity index is 1.80. The van der Waals surface area contributed by atoms with Crippen LogP contribution in [-0.2, 0) is 11.2 Å². The van der Waals surface area contributed by atoms with Crippen molar-refractivity contribution in [2.45, 2.75) is 25.8 Å². The molecular weight excluding hydrogens is 362 g/mol. The van der Waals surface area contributed by atoms with Crippen LogP contribution in [0.4, 0.5) is 10.6 Å². The van der Waals surface area contributed by atoms with Crippen LogP contribution in [0.2, 0.25) is 0 Å². The van der Waals surface area contributed by atoms with Gasteiger partial charge in [-0.2, -0.15) is 0 Å². The number of carbonyl (C=O) groups excluding carboxylic acids is 1. The number of nitrogens with one attached hydrogen (secondary N) is 3. The van der Waals surface area contributed by atoms with E-state index in [1.165, 1.54) is 7.11 Å². The molecule has 3 rings (SSSR count). The number of carbonyl (C=O) groups is 2. The Labute approximate surface area is 161 Å². The number of nitrogens with zero attached hydrogens (tertiary/aromatic N) is 2. The third kappa shape index (κ3) is 4.37. The number of carboxylic acids is 1. The Morgan fingerprint density at radius 2 is 2.04 bits per heavy atom. The summed E-state index contributed by atoms with van der Waals surface area (Å²) in [7, 11) is 1.47. The van der Waals surface area contributed by atoms with Crippen LogP contribution in [0.3, 0.4) is 0 Å². The number of aromatic nitrogens is 3. The molecule has 0 bridgehead atoms. The molecule has 0 saturated heterocycles. The number of aryl methyl sites for hydroxylation is 1. The number of aromatic amines is 1. The summed E-state index contributed by atoms with van der Waals surface area (Å²) in [5.74, 6) is -0.321. The van der Waals surface area contributed by atoms with Gasteiger partial charge in [0.05, 0.1) is 36.2 Å². The van der Waals surface area contributed by atoms with Gasteiger partial charge in [-0.15, -0.1) is 5.10 Å². The van der Waals surface area contributed by atoms with E-state index in [9.17, 15) is 9.59 Å². The third-order valence-electron chi connectivity index (χ3n) is 4.24. The SMILES string of the molecule is COc1n[nH]c2cc(NC(=O)N[C@H](C)c3ccccc3)nc(CCC(=O)O)c12. The van der Waals surface area contributed by atoms with Gasteiger partial charge in [-0.05, 0) is 12.5 Å². The second-order valence-electron chi connectivity index (χ2n) is 6.23. The average molecular weight is 383 g/mol. The van der Waals surface area contributed by atoms with E-state index < -0.39 is 12.0 Å². The predicted octanol–water partition coefficient (Wildman–Crippen LogP) is 2.87. The number of ether oxygens (including phenoxy) is 1. The molecule has 9 heteroatoms. The molecule has 0 saturated carbocycles. The standard InChI is InChI=1S/C19H21N5O4/c1-11(12-6-4-3-5-7-12)20-19(27)22-15-10-14-17(18(28-2)24-23-14)13(21-15)8-9-16(25)26/h3-7,10-11H,8-9H2,1-2H3,(H,23,24)(H,25,26)(H2,20,21,22,27)/t11-/m1/s1. The molecule has 0 aliphatic rings. The largest absolute Gasteiger partial charge is 0.481 e. The maximum atomic E-state index is 12.4. The minimum absolute atomic E-state index is 0.100. The average Bonchev–Trinajstić information content (AvgIpc) is 3.09. The molecule has 4 N–H and O–H groups in total. The summed E-state index contributed by atoms with van der Waals surface area (Å²) in [5, 5.41) is 22.0. The normalized spacial score (nSPS) is 11.8. The molecule has 0 unspecified atom stereocenters. The van der Waals surface area contributed by atoms with Gasteiger partial charge in [0.25, 0.3) is 0 Å². The van der Waals surface area contributed by atoms with Crippen molar-refractivity contribution in [3.05, 3.63) is 47.7 Å². The number of amides is 2. The van der Waals surface area contributed by atoms with Gasteiger partial charge in [-0.1, -0.05) is 30.3 Å². The first kappa shape index (κ1) is 19.2. The van der Waals surface area contributed by atoms with Crippen molar-refractivity contribution in [3.63, 3.8) is 0 Å². The molecule has 2 heterocycles. The molecule has 1 aromatic carbocycles. The molecule has 0 aliphatic carbocycles. The number of hydrogen-bond donors (Lipinski definition) is 4. The number of anilines is 1. The Hall–Kier alpha value is -3.62. The van der Waals surface area contributed by atoms with E-state index in [4.69, 9.17) is 9.84 Å². The Bertz CT molecular complexity index is 987. The molecule has 3 aromatic rings. The van der Waals surface area contributed by atoms with Crippen molar-refractivity contribution >= 4 is 28.7 Å². The molecule has 0 aliphatic heterocycles. The molecule has 0 radical (unpaired) electrons. The highest BCUT2D eigenvalue weighted by Crippen LogP contribution is 2.28. The van der Waals surface area contributed by atoms with Crippen LogP contribution in [-0.4, -0.2) is 39.4 Å². The van der Waals surface area contributed by atoms with Crippen molar-refractivity contribution in [2.75, 3.05) is 12.4 Å². The lowest BCUT2D eigenvalue weighted by Gasteiger charge is -2.15. The van der Waals surface area contributed by atoms with Crippen LogP contribution in [0.5, 0.6) is 5.88 Å². The van der Waals surface area contributed by atoms with Crippen molar-refractivity contribution < 1.29 is 19.4 Å². The zero-order valence-electron chi connectivity index (χ0n) is 15.5. The van der Waals surface area contributed by atoms with E-state index >= 15 is 0 Å². The minimum atomic E-state index is -0.940. The second-order valence-corrected chi connectivity index (χ2v) is 6.23. The predicted molar refractivity (Wildman–Crippen MR) is 103 cm³/mol. The Kier molecular flexibility index (Phi) is 5.73. The van der Waals surface area contributed by atoms with E-state index in [1.54, 1.807) is 6.07 Å². The first-order chi connectivity index (χ1) is 13.5. The summed E-state index contributed by atoms with van der Waals surface area (Å²) in [4.78, 5) is 27.7. The number of fused-ring (bicyclic) bond motifs is 1. The number of hydrogen-bond acceptors (Lipinski definition) is 5. The van der Waals surface area contributed by atoms with Crippen LogP contribution in [0.15, 0.2) is 36.4 Å². The van der Waals surface area contributed by atoms with Gasteiger partial charge in [0.2, 0.25) is 5.88 Å². The third-order valence-corrected chi connectivity index (χ3v) is 4.24. The number of aliphatic carboxylic acids is 1. The van der Waals surface area contributed by atoms with Gasteiger partial charge in [0.1, 0.15) is 5.82 Å². The van der Waals surface area contributed by atoms with Gasteiger partial charge in [0, 0.05) is 12.5 Å². The number of carboxylic acid groups (broad SMARTS) is 1. The molecule has 0 spiro atoms. The van der Waals surface area contributed by atoms with Crippen LogP contribution in [0.1, 0.15) is 30.6 Å². The number of H-pyrrole nitrogens is 1. The van der Waals surface area contributed by atoms with Crippen molar-refractivity contribution in [2.24, 2.45) is 0 Å². The summed E-state index contributed by atoms with van der Waals surface area (Å²) in [5.41, 5.74) is 2.05. The topological polar surface area (TPSA) is 129 Å². The summed E-state index contributed by atoms with van der Waals surface area (Å²) in [6, 6.07) is 10.6.